The highest BCUT2D eigenvalue weighted by molar-refractivity contribution is 5.89. The molecule has 0 radical (unpaired) electrons. The number of hydrogen-bond acceptors (Lipinski definition) is 4. The molecule has 0 spiro atoms. The lowest BCUT2D eigenvalue weighted by Gasteiger charge is -2.33. The van der Waals surface area contributed by atoms with Crippen molar-refractivity contribution in [3.05, 3.63) is 59.7 Å². The molecule has 0 aliphatic heterocycles. The highest BCUT2D eigenvalue weighted by atomic mass is 16.5. The minimum atomic E-state index is -1.09. The van der Waals surface area contributed by atoms with Crippen molar-refractivity contribution in [1.82, 2.24) is 10.6 Å². The van der Waals surface area contributed by atoms with E-state index in [4.69, 9.17) is 4.74 Å². The van der Waals surface area contributed by atoms with Crippen LogP contribution in [0.15, 0.2) is 48.5 Å². The normalized spacial score (nSPS) is 16.8. The Kier molecular flexibility index (Phi) is 6.44. The van der Waals surface area contributed by atoms with E-state index in [1.807, 2.05) is 36.4 Å². The number of aliphatic carboxylic acids is 1. The first-order valence-electron chi connectivity index (χ1n) is 11.1. The van der Waals surface area contributed by atoms with Gasteiger partial charge in [0.2, 0.25) is 5.91 Å². The van der Waals surface area contributed by atoms with E-state index >= 15 is 0 Å². The maximum absolute atomic E-state index is 12.7. The second-order valence-corrected chi connectivity index (χ2v) is 8.45. The van der Waals surface area contributed by atoms with Crippen molar-refractivity contribution in [3.63, 3.8) is 0 Å². The minimum Gasteiger partial charge on any atom is -0.480 e. The molecule has 32 heavy (non-hydrogen) atoms. The van der Waals surface area contributed by atoms with Crippen LogP contribution in [0, 0.1) is 5.92 Å². The molecule has 168 valence electrons. The number of carbonyl (C=O) groups is 3. The quantitative estimate of drug-likeness (QED) is 0.586. The fourth-order valence-electron chi connectivity index (χ4n) is 4.54. The molecule has 2 aliphatic carbocycles. The van der Waals surface area contributed by atoms with Crippen molar-refractivity contribution >= 4 is 18.0 Å². The maximum Gasteiger partial charge on any atom is 0.407 e. The van der Waals surface area contributed by atoms with Crippen LogP contribution >= 0.6 is 0 Å². The summed E-state index contributed by atoms with van der Waals surface area (Å²) >= 11 is 0. The van der Waals surface area contributed by atoms with Gasteiger partial charge in [0.1, 0.15) is 18.7 Å². The van der Waals surface area contributed by atoms with Crippen molar-refractivity contribution in [3.8, 4) is 11.1 Å². The minimum absolute atomic E-state index is 0.0122. The molecule has 2 atom stereocenters. The number of nitrogens with one attached hydrogen (secondary N) is 2. The molecule has 4 rings (SSSR count). The van der Waals surface area contributed by atoms with Crippen LogP contribution in [0.4, 0.5) is 4.79 Å². The predicted molar refractivity (Wildman–Crippen MR) is 119 cm³/mol. The molecular formula is C25H28N2O5. The van der Waals surface area contributed by atoms with Crippen molar-refractivity contribution < 1.29 is 24.2 Å². The first kappa shape index (κ1) is 21.9. The summed E-state index contributed by atoms with van der Waals surface area (Å²) in [6.45, 7) is 1.85. The smallest absolute Gasteiger partial charge is 0.407 e. The monoisotopic (exact) mass is 436 g/mol. The van der Waals surface area contributed by atoms with Gasteiger partial charge < -0.3 is 20.5 Å². The third-order valence-corrected chi connectivity index (χ3v) is 6.54. The average Bonchev–Trinajstić information content (AvgIpc) is 3.07. The molecule has 2 amide bonds. The van der Waals surface area contributed by atoms with Gasteiger partial charge in [0.05, 0.1) is 0 Å². The molecule has 0 aromatic heterocycles. The van der Waals surface area contributed by atoms with Gasteiger partial charge in [-0.1, -0.05) is 61.9 Å². The second-order valence-electron chi connectivity index (χ2n) is 8.45. The number of ether oxygens (including phenoxy) is 1. The van der Waals surface area contributed by atoms with Gasteiger partial charge in [0.25, 0.3) is 0 Å². The number of amides is 2. The molecule has 0 bridgehead atoms. The third kappa shape index (κ3) is 4.33. The van der Waals surface area contributed by atoms with Gasteiger partial charge in [0, 0.05) is 5.92 Å². The van der Waals surface area contributed by atoms with Crippen LogP contribution in [0.2, 0.25) is 0 Å². The molecular weight excluding hydrogens is 408 g/mol. The number of hydrogen-bond donors (Lipinski definition) is 3. The maximum atomic E-state index is 12.7. The van der Waals surface area contributed by atoms with E-state index in [9.17, 15) is 19.5 Å². The lowest BCUT2D eigenvalue weighted by Crippen LogP contribution is -2.55. The summed E-state index contributed by atoms with van der Waals surface area (Å²) in [5.74, 6) is -1.64. The van der Waals surface area contributed by atoms with Crippen molar-refractivity contribution in [1.29, 1.82) is 0 Å². The highest BCUT2D eigenvalue weighted by Gasteiger charge is 2.36. The molecule has 2 aliphatic rings. The topological polar surface area (TPSA) is 105 Å². The molecule has 3 N–H and O–H groups in total. The van der Waals surface area contributed by atoms with Crippen LogP contribution < -0.4 is 10.6 Å². The zero-order valence-electron chi connectivity index (χ0n) is 18.0. The van der Waals surface area contributed by atoms with E-state index in [2.05, 4.69) is 22.8 Å². The van der Waals surface area contributed by atoms with Crippen LogP contribution in [0.3, 0.4) is 0 Å². The lowest BCUT2D eigenvalue weighted by molar-refractivity contribution is -0.142. The molecule has 0 heterocycles. The summed E-state index contributed by atoms with van der Waals surface area (Å²) in [5, 5.41) is 14.5. The third-order valence-electron chi connectivity index (χ3n) is 6.54. The standard InChI is InChI=1S/C25H28N2O5/c1-2-21(24(29)30)26-23(28)22(15-8-7-9-15)27-25(31)32-14-20-18-12-5-3-10-16(18)17-11-4-6-13-19(17)20/h3-6,10-13,15,20-22H,2,7-9,14H2,1H3,(H,26,28)(H,27,31)(H,29,30)/t21-,22?/m0/s1. The second kappa shape index (κ2) is 9.42. The van der Waals surface area contributed by atoms with Gasteiger partial charge in [-0.05, 0) is 47.4 Å². The number of rotatable bonds is 8. The number of fused-ring (bicyclic) bond motifs is 3. The summed E-state index contributed by atoms with van der Waals surface area (Å²) in [4.78, 5) is 36.7. The fourth-order valence-corrected chi connectivity index (χ4v) is 4.54. The Morgan fingerprint density at radius 1 is 1.00 bits per heavy atom. The summed E-state index contributed by atoms with van der Waals surface area (Å²) in [6.07, 6.45) is 2.21. The van der Waals surface area contributed by atoms with Gasteiger partial charge in [-0.15, -0.1) is 0 Å². The van der Waals surface area contributed by atoms with E-state index in [0.717, 1.165) is 41.5 Å². The summed E-state index contributed by atoms with van der Waals surface area (Å²) in [7, 11) is 0. The van der Waals surface area contributed by atoms with Crippen molar-refractivity contribution in [2.45, 2.75) is 50.6 Å². The first-order chi connectivity index (χ1) is 15.5. The molecule has 0 saturated heterocycles. The van der Waals surface area contributed by atoms with Crippen LogP contribution in [0.25, 0.3) is 11.1 Å². The number of carbonyl (C=O) groups excluding carboxylic acids is 2. The molecule has 2 aromatic rings. The highest BCUT2D eigenvalue weighted by Crippen LogP contribution is 2.44. The fraction of sp³-hybridized carbons (Fsp3) is 0.400. The molecule has 1 saturated carbocycles. The predicted octanol–water partition coefficient (Wildman–Crippen LogP) is 3.67. The molecule has 1 fully saturated rings. The Hall–Kier alpha value is -3.35. The summed E-state index contributed by atoms with van der Waals surface area (Å²) in [6, 6.07) is 14.4. The van der Waals surface area contributed by atoms with E-state index in [1.54, 1.807) is 6.92 Å². The Labute approximate surface area is 187 Å². The van der Waals surface area contributed by atoms with Gasteiger partial charge in [-0.25, -0.2) is 9.59 Å². The van der Waals surface area contributed by atoms with Gasteiger partial charge in [0.15, 0.2) is 0 Å². The first-order valence-corrected chi connectivity index (χ1v) is 11.1. The number of carboxylic acid groups (broad SMARTS) is 1. The van der Waals surface area contributed by atoms with Gasteiger partial charge in [-0.2, -0.15) is 0 Å². The Morgan fingerprint density at radius 2 is 1.59 bits per heavy atom. The molecule has 7 heteroatoms. The molecule has 2 aromatic carbocycles. The Morgan fingerprint density at radius 3 is 2.09 bits per heavy atom. The lowest BCUT2D eigenvalue weighted by atomic mass is 9.79. The van der Waals surface area contributed by atoms with E-state index in [-0.39, 0.29) is 24.9 Å². The summed E-state index contributed by atoms with van der Waals surface area (Å²) in [5.41, 5.74) is 4.51. The van der Waals surface area contributed by atoms with Crippen molar-refractivity contribution in [2.24, 2.45) is 5.92 Å². The van der Waals surface area contributed by atoms with Crippen molar-refractivity contribution in [2.75, 3.05) is 6.61 Å². The number of benzene rings is 2. The van der Waals surface area contributed by atoms with E-state index in [1.165, 1.54) is 0 Å². The summed E-state index contributed by atoms with van der Waals surface area (Å²) < 4.78 is 5.57. The van der Waals surface area contributed by atoms with E-state index < -0.39 is 30.1 Å². The largest absolute Gasteiger partial charge is 0.480 e. The van der Waals surface area contributed by atoms with Crippen LogP contribution in [-0.2, 0) is 14.3 Å². The zero-order valence-corrected chi connectivity index (χ0v) is 18.0. The van der Waals surface area contributed by atoms with Crippen LogP contribution in [0.1, 0.15) is 49.7 Å². The molecule has 1 unspecified atom stereocenters. The van der Waals surface area contributed by atoms with Crippen LogP contribution in [-0.4, -0.2) is 41.8 Å². The van der Waals surface area contributed by atoms with E-state index in [0.29, 0.717) is 0 Å². The van der Waals surface area contributed by atoms with Gasteiger partial charge >= 0.3 is 12.1 Å². The molecule has 7 nitrogen and oxygen atoms in total. The number of carboxylic acids is 1. The number of alkyl carbamates (subject to hydrolysis) is 1. The Bertz CT molecular complexity index is 971. The van der Waals surface area contributed by atoms with Gasteiger partial charge in [-0.3, -0.25) is 4.79 Å². The average molecular weight is 437 g/mol. The Balaban J connectivity index is 1.42. The zero-order chi connectivity index (χ0) is 22.7. The SMILES string of the molecule is CC[C@H](NC(=O)C(NC(=O)OCC1c2ccccc2-c2ccccc21)C1CCC1)C(=O)O. The van der Waals surface area contributed by atoms with Crippen LogP contribution in [0.5, 0.6) is 0 Å².